The molecule has 2 heteroatoms. The molecular weight excluding hydrogens is 312 g/mol. The van der Waals surface area contributed by atoms with Gasteiger partial charge in [-0.3, -0.25) is 0 Å². The van der Waals surface area contributed by atoms with Crippen molar-refractivity contribution in [2.75, 3.05) is 0 Å². The summed E-state index contributed by atoms with van der Waals surface area (Å²) < 4.78 is 0. The van der Waals surface area contributed by atoms with Gasteiger partial charge >= 0.3 is 0 Å². The molecule has 1 aliphatic rings. The fourth-order valence-electron chi connectivity index (χ4n) is 3.13. The highest BCUT2D eigenvalue weighted by atomic mass is 32.2. The first-order chi connectivity index (χ1) is 11.8. The average molecular weight is 330 g/mol. The third-order valence-electron chi connectivity index (χ3n) is 4.31. The van der Waals surface area contributed by atoms with Crippen LogP contribution in [0.2, 0.25) is 0 Å². The fraction of sp³-hybridized carbons (Fsp3) is 0.0909. The molecule has 1 nitrogen and oxygen atoms in total. The zero-order valence-corrected chi connectivity index (χ0v) is 14.1. The summed E-state index contributed by atoms with van der Waals surface area (Å²) >= 11 is 1.89. The van der Waals surface area contributed by atoms with E-state index in [0.717, 1.165) is 16.9 Å². The molecule has 0 bridgehead atoms. The average Bonchev–Trinajstić information content (AvgIpc) is 2.80. The Morgan fingerprint density at radius 1 is 0.875 bits per heavy atom. The van der Waals surface area contributed by atoms with Crippen molar-refractivity contribution in [1.82, 2.24) is 0 Å². The highest BCUT2D eigenvalue weighted by Gasteiger charge is 2.17. The van der Waals surface area contributed by atoms with Crippen molar-refractivity contribution >= 4 is 23.4 Å². The maximum atomic E-state index is 9.40. The predicted molar refractivity (Wildman–Crippen MR) is 102 cm³/mol. The van der Waals surface area contributed by atoms with E-state index in [2.05, 4.69) is 66.7 Å². The third-order valence-corrected chi connectivity index (χ3v) is 5.43. The molecule has 1 N–H and O–H groups in total. The monoisotopic (exact) mass is 330 g/mol. The van der Waals surface area contributed by atoms with Crippen LogP contribution in [0.3, 0.4) is 0 Å². The number of rotatable bonds is 2. The Hall–Kier alpha value is -2.29. The van der Waals surface area contributed by atoms with E-state index in [-0.39, 0.29) is 6.61 Å². The number of aliphatic hydroxyl groups is 1. The molecule has 0 fully saturated rings. The molecule has 0 amide bonds. The van der Waals surface area contributed by atoms with Crippen molar-refractivity contribution in [2.45, 2.75) is 17.3 Å². The Morgan fingerprint density at radius 2 is 1.67 bits per heavy atom. The van der Waals surface area contributed by atoms with Crippen LogP contribution in [0.15, 0.2) is 77.7 Å². The van der Waals surface area contributed by atoms with Crippen LogP contribution in [-0.2, 0) is 12.4 Å². The van der Waals surface area contributed by atoms with Crippen molar-refractivity contribution in [3.8, 4) is 0 Å². The van der Waals surface area contributed by atoms with Gasteiger partial charge in [0.1, 0.15) is 0 Å². The van der Waals surface area contributed by atoms with E-state index < -0.39 is 0 Å². The van der Waals surface area contributed by atoms with E-state index >= 15 is 0 Å². The molecule has 0 atom stereocenters. The van der Waals surface area contributed by atoms with Crippen LogP contribution in [0.1, 0.15) is 27.8 Å². The summed E-state index contributed by atoms with van der Waals surface area (Å²) in [6.45, 7) is 0.0695. The first-order valence-corrected chi connectivity index (χ1v) is 9.06. The second kappa shape index (κ2) is 6.68. The smallest absolute Gasteiger partial charge is 0.0682 e. The Bertz CT molecular complexity index is 862. The molecule has 0 spiro atoms. The van der Waals surface area contributed by atoms with Gasteiger partial charge in [-0.2, -0.15) is 0 Å². The van der Waals surface area contributed by atoms with Crippen LogP contribution in [-0.4, -0.2) is 5.11 Å². The highest BCUT2D eigenvalue weighted by molar-refractivity contribution is 7.98. The number of hydrogen-bond donors (Lipinski definition) is 1. The Kier molecular flexibility index (Phi) is 4.24. The van der Waals surface area contributed by atoms with Crippen LogP contribution >= 0.6 is 11.8 Å². The molecule has 0 aromatic heterocycles. The van der Waals surface area contributed by atoms with Gasteiger partial charge in [-0.05, 0) is 51.6 Å². The summed E-state index contributed by atoms with van der Waals surface area (Å²) in [6.07, 6.45) is 2.24. The standard InChI is InChI=1S/C22H18OS/c23-14-17-7-5-6-16(12-17)13-21-19-9-2-1-8-18(19)15-24-22-11-4-3-10-20(21)22/h1-13,23H,14-15H2. The molecule has 24 heavy (non-hydrogen) atoms. The SMILES string of the molecule is OCc1cccc(C=C2c3ccccc3CSc3ccccc32)c1. The number of aliphatic hydroxyl groups excluding tert-OH is 1. The Morgan fingerprint density at radius 3 is 2.54 bits per heavy atom. The highest BCUT2D eigenvalue weighted by Crippen LogP contribution is 2.40. The van der Waals surface area contributed by atoms with Gasteiger partial charge in [0.25, 0.3) is 0 Å². The van der Waals surface area contributed by atoms with E-state index in [1.807, 2.05) is 23.9 Å². The minimum Gasteiger partial charge on any atom is -0.392 e. The summed E-state index contributed by atoms with van der Waals surface area (Å²) in [4.78, 5) is 1.32. The van der Waals surface area contributed by atoms with Gasteiger partial charge in [0.15, 0.2) is 0 Å². The van der Waals surface area contributed by atoms with Crippen molar-refractivity contribution in [3.05, 3.63) is 101 Å². The van der Waals surface area contributed by atoms with Crippen LogP contribution < -0.4 is 0 Å². The summed E-state index contributed by atoms with van der Waals surface area (Å²) in [5.74, 6) is 0.987. The first kappa shape index (κ1) is 15.3. The van der Waals surface area contributed by atoms with E-state index in [9.17, 15) is 5.11 Å². The van der Waals surface area contributed by atoms with E-state index in [4.69, 9.17) is 0 Å². The molecule has 0 unspecified atom stereocenters. The van der Waals surface area contributed by atoms with E-state index in [0.29, 0.717) is 0 Å². The first-order valence-electron chi connectivity index (χ1n) is 8.07. The summed E-state index contributed by atoms with van der Waals surface area (Å²) in [5.41, 5.74) is 7.25. The van der Waals surface area contributed by atoms with Gasteiger partial charge in [-0.25, -0.2) is 0 Å². The molecule has 1 aliphatic heterocycles. The topological polar surface area (TPSA) is 20.2 Å². The van der Waals surface area contributed by atoms with Crippen molar-refractivity contribution < 1.29 is 5.11 Å². The molecule has 0 saturated heterocycles. The molecule has 0 radical (unpaired) electrons. The summed E-state index contributed by atoms with van der Waals surface area (Å²) in [6, 6.07) is 25.3. The summed E-state index contributed by atoms with van der Waals surface area (Å²) in [5, 5.41) is 9.40. The molecule has 3 aromatic carbocycles. The Balaban J connectivity index is 1.94. The zero-order chi connectivity index (χ0) is 16.4. The van der Waals surface area contributed by atoms with E-state index in [1.54, 1.807) is 0 Å². The summed E-state index contributed by atoms with van der Waals surface area (Å²) in [7, 11) is 0. The Labute approximate surface area is 146 Å². The van der Waals surface area contributed by atoms with Crippen LogP contribution in [0.4, 0.5) is 0 Å². The largest absolute Gasteiger partial charge is 0.392 e. The lowest BCUT2D eigenvalue weighted by Crippen LogP contribution is -1.92. The van der Waals surface area contributed by atoms with Crippen molar-refractivity contribution in [1.29, 1.82) is 0 Å². The number of fused-ring (bicyclic) bond motifs is 2. The van der Waals surface area contributed by atoms with Gasteiger partial charge in [0.2, 0.25) is 0 Å². The van der Waals surface area contributed by atoms with Crippen molar-refractivity contribution in [3.63, 3.8) is 0 Å². The van der Waals surface area contributed by atoms with Crippen LogP contribution in [0, 0.1) is 0 Å². The maximum absolute atomic E-state index is 9.40. The zero-order valence-electron chi connectivity index (χ0n) is 13.3. The normalized spacial score (nSPS) is 14.8. The third kappa shape index (κ3) is 2.91. The lowest BCUT2D eigenvalue weighted by molar-refractivity contribution is 0.282. The van der Waals surface area contributed by atoms with Gasteiger partial charge in [0, 0.05) is 10.6 Å². The molecule has 0 aliphatic carbocycles. The van der Waals surface area contributed by atoms with Gasteiger partial charge < -0.3 is 5.11 Å². The van der Waals surface area contributed by atoms with Crippen LogP contribution in [0.5, 0.6) is 0 Å². The number of hydrogen-bond acceptors (Lipinski definition) is 2. The number of thioether (sulfide) groups is 1. The molecule has 3 aromatic rings. The lowest BCUT2D eigenvalue weighted by atomic mass is 9.92. The van der Waals surface area contributed by atoms with Crippen LogP contribution in [0.25, 0.3) is 11.6 Å². The maximum Gasteiger partial charge on any atom is 0.0682 e. The van der Waals surface area contributed by atoms with Crippen molar-refractivity contribution in [2.24, 2.45) is 0 Å². The molecule has 1 heterocycles. The molecule has 118 valence electrons. The second-order valence-corrected chi connectivity index (χ2v) is 6.92. The quantitative estimate of drug-likeness (QED) is 0.681. The van der Waals surface area contributed by atoms with E-state index in [1.165, 1.54) is 27.2 Å². The van der Waals surface area contributed by atoms with Gasteiger partial charge in [-0.1, -0.05) is 60.7 Å². The lowest BCUT2D eigenvalue weighted by Gasteiger charge is -2.12. The number of benzene rings is 3. The minimum atomic E-state index is 0.0695. The molecular formula is C22H18OS. The molecule has 0 saturated carbocycles. The molecule has 4 rings (SSSR count). The second-order valence-electron chi connectivity index (χ2n) is 5.90. The predicted octanol–water partition coefficient (Wildman–Crippen LogP) is 5.37. The minimum absolute atomic E-state index is 0.0695. The van der Waals surface area contributed by atoms with Gasteiger partial charge in [0.05, 0.1) is 6.61 Å². The van der Waals surface area contributed by atoms with Gasteiger partial charge in [-0.15, -0.1) is 11.8 Å². The fourth-order valence-corrected chi connectivity index (χ4v) is 4.20.